The molecule has 0 saturated carbocycles. The van der Waals surface area contributed by atoms with Gasteiger partial charge in [-0.05, 0) is 72.8 Å². The van der Waals surface area contributed by atoms with Gasteiger partial charge in [-0.1, -0.05) is 23.7 Å². The number of fused-ring (bicyclic) bond motifs is 1. The summed E-state index contributed by atoms with van der Waals surface area (Å²) in [5.41, 5.74) is 6.90. The Labute approximate surface area is 184 Å². The van der Waals surface area contributed by atoms with Crippen LogP contribution in [0.15, 0.2) is 47.2 Å². The topological polar surface area (TPSA) is 59.3 Å². The van der Waals surface area contributed by atoms with Gasteiger partial charge < -0.3 is 5.32 Å². The number of halogens is 1. The highest BCUT2D eigenvalue weighted by molar-refractivity contribution is 7.08. The number of amides is 1. The summed E-state index contributed by atoms with van der Waals surface area (Å²) in [6.07, 6.45) is 0.992. The number of nitrogens with one attached hydrogen (secondary N) is 1. The Kier molecular flexibility index (Phi) is 5.88. The van der Waals surface area contributed by atoms with Crippen LogP contribution in [0.2, 0.25) is 5.02 Å². The summed E-state index contributed by atoms with van der Waals surface area (Å²) in [5.74, 6) is -0.00306. The zero-order chi connectivity index (χ0) is 21.3. The predicted octanol–water partition coefficient (Wildman–Crippen LogP) is 5.21. The molecule has 1 unspecified atom stereocenters. The zero-order valence-electron chi connectivity index (χ0n) is 17.1. The standard InChI is InChI=1S/C23H23ClN4OS/c1-14-12-21-25-15(2)20(16(3)28(21)27-14)8-9-22(29)26-23(18-10-11-30-13-18)17-4-6-19(24)7-5-17/h4-7,10-13,23H,8-9H2,1-3H3,(H,26,29). The Morgan fingerprint density at radius 2 is 1.93 bits per heavy atom. The first kappa shape index (κ1) is 20.6. The fourth-order valence-corrected chi connectivity index (χ4v) is 4.54. The largest absolute Gasteiger partial charge is 0.345 e. The first-order valence-corrected chi connectivity index (χ1v) is 11.1. The highest BCUT2D eigenvalue weighted by Gasteiger charge is 2.19. The third-order valence-corrected chi connectivity index (χ3v) is 6.23. The average Bonchev–Trinajstić information content (AvgIpc) is 3.36. The van der Waals surface area contributed by atoms with Gasteiger partial charge in [-0.2, -0.15) is 16.4 Å². The van der Waals surface area contributed by atoms with Gasteiger partial charge in [-0.15, -0.1) is 0 Å². The smallest absolute Gasteiger partial charge is 0.221 e. The molecule has 0 radical (unpaired) electrons. The molecule has 0 aliphatic rings. The Hall–Kier alpha value is -2.70. The summed E-state index contributed by atoms with van der Waals surface area (Å²) in [6, 6.07) is 11.4. The number of thiophene rings is 1. The van der Waals surface area contributed by atoms with Crippen molar-refractivity contribution in [3.05, 3.63) is 86.0 Å². The van der Waals surface area contributed by atoms with Crippen molar-refractivity contribution in [3.8, 4) is 0 Å². The molecule has 0 spiro atoms. The van der Waals surface area contributed by atoms with Crippen LogP contribution in [0.5, 0.6) is 0 Å². The van der Waals surface area contributed by atoms with Crippen LogP contribution in [-0.4, -0.2) is 20.5 Å². The maximum absolute atomic E-state index is 12.9. The number of rotatable bonds is 6. The summed E-state index contributed by atoms with van der Waals surface area (Å²) in [6.45, 7) is 5.98. The Morgan fingerprint density at radius 3 is 2.63 bits per heavy atom. The van der Waals surface area contributed by atoms with Crippen molar-refractivity contribution in [2.24, 2.45) is 0 Å². The quantitative estimate of drug-likeness (QED) is 0.449. The fraction of sp³-hybridized carbons (Fsp3) is 0.261. The van der Waals surface area contributed by atoms with E-state index in [0.717, 1.165) is 39.4 Å². The van der Waals surface area contributed by atoms with Crippen molar-refractivity contribution < 1.29 is 4.79 Å². The Balaban J connectivity index is 1.52. The number of nitrogens with zero attached hydrogens (tertiary/aromatic N) is 3. The molecule has 1 N–H and O–H groups in total. The highest BCUT2D eigenvalue weighted by Crippen LogP contribution is 2.26. The molecule has 0 aliphatic heterocycles. The van der Waals surface area contributed by atoms with E-state index in [0.29, 0.717) is 17.9 Å². The van der Waals surface area contributed by atoms with Crippen LogP contribution in [0, 0.1) is 20.8 Å². The highest BCUT2D eigenvalue weighted by atomic mass is 35.5. The molecule has 3 heterocycles. The Morgan fingerprint density at radius 1 is 1.17 bits per heavy atom. The number of carbonyl (C=O) groups excluding carboxylic acids is 1. The number of hydrogen-bond donors (Lipinski definition) is 1. The van der Waals surface area contributed by atoms with Crippen molar-refractivity contribution in [1.82, 2.24) is 19.9 Å². The van der Waals surface area contributed by atoms with Crippen LogP contribution in [0.25, 0.3) is 5.65 Å². The molecule has 1 atom stereocenters. The summed E-state index contributed by atoms with van der Waals surface area (Å²) in [5, 5.41) is 12.5. The van der Waals surface area contributed by atoms with Gasteiger partial charge in [-0.25, -0.2) is 9.50 Å². The van der Waals surface area contributed by atoms with Crippen molar-refractivity contribution in [2.45, 2.75) is 39.7 Å². The van der Waals surface area contributed by atoms with Crippen LogP contribution in [0.1, 0.15) is 46.2 Å². The van der Waals surface area contributed by atoms with Gasteiger partial charge in [0.2, 0.25) is 5.91 Å². The second-order valence-corrected chi connectivity index (χ2v) is 8.64. The van der Waals surface area contributed by atoms with Gasteiger partial charge in [0, 0.05) is 28.9 Å². The molecule has 0 aliphatic carbocycles. The van der Waals surface area contributed by atoms with Gasteiger partial charge in [0.15, 0.2) is 5.65 Å². The fourth-order valence-electron chi connectivity index (χ4n) is 3.73. The molecule has 3 aromatic heterocycles. The molecule has 30 heavy (non-hydrogen) atoms. The monoisotopic (exact) mass is 438 g/mol. The lowest BCUT2D eigenvalue weighted by Gasteiger charge is -2.19. The van der Waals surface area contributed by atoms with E-state index in [9.17, 15) is 4.79 Å². The van der Waals surface area contributed by atoms with E-state index < -0.39 is 0 Å². The molecule has 1 aromatic carbocycles. The van der Waals surface area contributed by atoms with Crippen LogP contribution in [-0.2, 0) is 11.2 Å². The van der Waals surface area contributed by atoms with Gasteiger partial charge in [-0.3, -0.25) is 4.79 Å². The summed E-state index contributed by atoms with van der Waals surface area (Å²) in [4.78, 5) is 17.5. The molecule has 7 heteroatoms. The Bertz CT molecular complexity index is 1180. The lowest BCUT2D eigenvalue weighted by atomic mass is 10.0. The average molecular weight is 439 g/mol. The minimum absolute atomic E-state index is 0.00306. The van der Waals surface area contributed by atoms with E-state index in [4.69, 9.17) is 11.6 Å². The van der Waals surface area contributed by atoms with Crippen molar-refractivity contribution >= 4 is 34.5 Å². The number of aromatic nitrogens is 3. The number of benzene rings is 1. The number of aryl methyl sites for hydroxylation is 3. The second-order valence-electron chi connectivity index (χ2n) is 7.43. The van der Waals surface area contributed by atoms with E-state index in [2.05, 4.69) is 20.8 Å². The maximum Gasteiger partial charge on any atom is 0.221 e. The minimum atomic E-state index is -0.197. The lowest BCUT2D eigenvalue weighted by molar-refractivity contribution is -0.121. The van der Waals surface area contributed by atoms with Gasteiger partial charge >= 0.3 is 0 Å². The SMILES string of the molecule is Cc1cc2nc(C)c(CCC(=O)NC(c3ccc(Cl)cc3)c3ccsc3)c(C)n2n1. The maximum atomic E-state index is 12.9. The number of hydrogen-bond acceptors (Lipinski definition) is 4. The van der Waals surface area contributed by atoms with E-state index in [1.165, 1.54) is 0 Å². The molecular weight excluding hydrogens is 416 g/mol. The van der Waals surface area contributed by atoms with Crippen molar-refractivity contribution in [2.75, 3.05) is 0 Å². The normalized spacial score (nSPS) is 12.3. The van der Waals surface area contributed by atoms with Gasteiger partial charge in [0.25, 0.3) is 0 Å². The van der Waals surface area contributed by atoms with E-state index in [1.807, 2.05) is 67.1 Å². The molecule has 0 bridgehead atoms. The molecule has 0 saturated heterocycles. The molecule has 0 fully saturated rings. The van der Waals surface area contributed by atoms with Crippen molar-refractivity contribution in [1.29, 1.82) is 0 Å². The van der Waals surface area contributed by atoms with Crippen molar-refractivity contribution in [3.63, 3.8) is 0 Å². The molecular formula is C23H23ClN4OS. The van der Waals surface area contributed by atoms with Crippen LogP contribution in [0.4, 0.5) is 0 Å². The van der Waals surface area contributed by atoms with E-state index in [1.54, 1.807) is 11.3 Å². The summed E-state index contributed by atoms with van der Waals surface area (Å²) in [7, 11) is 0. The minimum Gasteiger partial charge on any atom is -0.345 e. The van der Waals surface area contributed by atoms with Gasteiger partial charge in [0.05, 0.1) is 11.7 Å². The lowest BCUT2D eigenvalue weighted by Crippen LogP contribution is -2.29. The van der Waals surface area contributed by atoms with Crippen LogP contribution < -0.4 is 5.32 Å². The predicted molar refractivity (Wildman–Crippen MR) is 121 cm³/mol. The molecule has 154 valence electrons. The van der Waals surface area contributed by atoms with E-state index >= 15 is 0 Å². The van der Waals surface area contributed by atoms with Crippen LogP contribution >= 0.6 is 22.9 Å². The first-order valence-electron chi connectivity index (χ1n) is 9.82. The zero-order valence-corrected chi connectivity index (χ0v) is 18.7. The first-order chi connectivity index (χ1) is 14.4. The van der Waals surface area contributed by atoms with E-state index in [-0.39, 0.29) is 11.9 Å². The third kappa shape index (κ3) is 4.25. The summed E-state index contributed by atoms with van der Waals surface area (Å²) < 4.78 is 1.86. The second kappa shape index (κ2) is 8.58. The van der Waals surface area contributed by atoms with Crippen LogP contribution in [0.3, 0.4) is 0 Å². The number of carbonyl (C=O) groups is 1. The summed E-state index contributed by atoms with van der Waals surface area (Å²) >= 11 is 7.65. The molecule has 5 nitrogen and oxygen atoms in total. The van der Waals surface area contributed by atoms with Gasteiger partial charge in [0.1, 0.15) is 0 Å². The molecule has 4 rings (SSSR count). The molecule has 4 aromatic rings. The molecule has 1 amide bonds. The third-order valence-electron chi connectivity index (χ3n) is 5.27.